The Kier molecular flexibility index (Phi) is 36.0. The van der Waals surface area contributed by atoms with Gasteiger partial charge in [0.25, 0.3) is 0 Å². The highest BCUT2D eigenvalue weighted by Gasteiger charge is 2.51. The van der Waals surface area contributed by atoms with Crippen LogP contribution in [0.2, 0.25) is 0 Å². The van der Waals surface area contributed by atoms with E-state index in [9.17, 15) is 47.9 Å². The Labute approximate surface area is 425 Å². The van der Waals surface area contributed by atoms with Crippen molar-refractivity contribution < 1.29 is 71.6 Å². The molecule has 0 aromatic rings. The van der Waals surface area contributed by atoms with Gasteiger partial charge in [0.2, 0.25) is 41.4 Å². The molecule has 1 rings (SSSR count). The molecule has 1 fully saturated rings. The molecular weight excluding hydrogens is 941 g/mol. The first-order chi connectivity index (χ1) is 34.5. The zero-order chi connectivity index (χ0) is 53.5. The van der Waals surface area contributed by atoms with Gasteiger partial charge in [0, 0.05) is 112 Å². The lowest BCUT2D eigenvalue weighted by Gasteiger charge is -2.44. The minimum absolute atomic E-state index is 0.000350. The van der Waals surface area contributed by atoms with Crippen molar-refractivity contribution in [3.8, 4) is 0 Å². The molecule has 0 bridgehead atoms. The summed E-state index contributed by atoms with van der Waals surface area (Å²) < 4.78 is 27.8. The van der Waals surface area contributed by atoms with Gasteiger partial charge in [-0.2, -0.15) is 0 Å². The van der Waals surface area contributed by atoms with Gasteiger partial charge in [-0.25, -0.2) is 0 Å². The summed E-state index contributed by atoms with van der Waals surface area (Å²) in [6, 6.07) is -1.12. The number of esters is 3. The zero-order valence-corrected chi connectivity index (χ0v) is 43.8. The molecular formula is C49H86N8O15. The van der Waals surface area contributed by atoms with E-state index in [2.05, 4.69) is 37.2 Å². The van der Waals surface area contributed by atoms with Crippen LogP contribution in [0, 0.1) is 0 Å². The summed E-state index contributed by atoms with van der Waals surface area (Å²) in [6.07, 6.45) is 4.23. The Morgan fingerprint density at radius 1 is 0.486 bits per heavy atom. The van der Waals surface area contributed by atoms with Gasteiger partial charge >= 0.3 is 17.9 Å². The molecule has 7 N–H and O–H groups in total. The summed E-state index contributed by atoms with van der Waals surface area (Å²) in [4.78, 5) is 124. The maximum Gasteiger partial charge on any atom is 0.303 e. The van der Waals surface area contributed by atoms with Gasteiger partial charge in [-0.3, -0.25) is 47.9 Å². The topological polar surface area (TPSA) is 304 Å². The quantitative estimate of drug-likeness (QED) is 0.0259. The fourth-order valence-corrected chi connectivity index (χ4v) is 7.38. The van der Waals surface area contributed by atoms with Crippen LogP contribution in [-0.4, -0.2) is 167 Å². The fourth-order valence-electron chi connectivity index (χ4n) is 7.38. The monoisotopic (exact) mass is 1030 g/mol. The number of nitrogens with zero attached hydrogens (tertiary/aromatic N) is 1. The highest BCUT2D eigenvalue weighted by molar-refractivity contribution is 5.79. The third kappa shape index (κ3) is 32.5. The van der Waals surface area contributed by atoms with Crippen molar-refractivity contribution in [1.29, 1.82) is 0 Å². The van der Waals surface area contributed by atoms with Crippen LogP contribution in [0.1, 0.15) is 151 Å². The van der Waals surface area contributed by atoms with Crippen molar-refractivity contribution in [1.82, 2.24) is 42.1 Å². The summed E-state index contributed by atoms with van der Waals surface area (Å²) in [5, 5.41) is 20.2. The second-order valence-corrected chi connectivity index (χ2v) is 17.7. The summed E-state index contributed by atoms with van der Waals surface area (Å²) in [7, 11) is 0. The van der Waals surface area contributed by atoms with Crippen LogP contribution < -0.4 is 37.2 Å². The lowest BCUT2D eigenvalue weighted by atomic mass is 9.96. The van der Waals surface area contributed by atoms with E-state index in [4.69, 9.17) is 23.7 Å². The first kappa shape index (κ1) is 64.6. The molecule has 1 heterocycles. The SMILES string of the molecule is CCCCC(=O)NCCCC(=O)NCCCN(CCCNCCCNC(=O)CCCNC(=O)CCCO[C@@H]1OC(COC(C)=O)[C@H](OC(C)=O)C(OC(C)=O)[C@@H]1NC(C)=O)C(=O)CCCNC(=O)CCCC. The molecule has 1 aliphatic heterocycles. The molecule has 0 aromatic carbocycles. The molecule has 5 atom stereocenters. The summed E-state index contributed by atoms with van der Waals surface area (Å²) in [5.41, 5.74) is 0. The van der Waals surface area contributed by atoms with Crippen molar-refractivity contribution in [2.45, 2.75) is 181 Å². The molecule has 23 nitrogen and oxygen atoms in total. The minimum Gasteiger partial charge on any atom is -0.463 e. The van der Waals surface area contributed by atoms with Gasteiger partial charge in [0.1, 0.15) is 18.8 Å². The van der Waals surface area contributed by atoms with Crippen LogP contribution in [0.5, 0.6) is 0 Å². The van der Waals surface area contributed by atoms with Gasteiger partial charge in [0.15, 0.2) is 18.5 Å². The van der Waals surface area contributed by atoms with Crippen molar-refractivity contribution in [2.24, 2.45) is 0 Å². The second kappa shape index (κ2) is 40.1. The van der Waals surface area contributed by atoms with Gasteiger partial charge in [-0.15, -0.1) is 0 Å². The third-order valence-corrected chi connectivity index (χ3v) is 11.0. The molecule has 0 radical (unpaired) electrons. The molecule has 7 amide bonds. The Morgan fingerprint density at radius 2 is 0.917 bits per heavy atom. The molecule has 2 unspecified atom stereocenters. The van der Waals surface area contributed by atoms with Crippen LogP contribution in [0.3, 0.4) is 0 Å². The number of nitrogens with one attached hydrogen (secondary N) is 7. The molecule has 1 aliphatic rings. The van der Waals surface area contributed by atoms with Crippen molar-refractivity contribution in [3.05, 3.63) is 0 Å². The van der Waals surface area contributed by atoms with Crippen LogP contribution in [0.15, 0.2) is 0 Å². The number of rotatable bonds is 40. The Hall–Kier alpha value is -5.42. The Bertz CT molecular complexity index is 1670. The van der Waals surface area contributed by atoms with E-state index in [1.54, 1.807) is 4.90 Å². The van der Waals surface area contributed by atoms with Crippen molar-refractivity contribution in [3.63, 3.8) is 0 Å². The molecule has 1 saturated heterocycles. The van der Waals surface area contributed by atoms with E-state index in [0.717, 1.165) is 39.5 Å². The number of hydrogen-bond donors (Lipinski definition) is 7. The molecule has 0 spiro atoms. The highest BCUT2D eigenvalue weighted by Crippen LogP contribution is 2.28. The van der Waals surface area contributed by atoms with Gasteiger partial charge in [0.05, 0.1) is 6.61 Å². The second-order valence-electron chi connectivity index (χ2n) is 17.7. The molecule has 72 heavy (non-hydrogen) atoms. The molecule has 0 saturated carbocycles. The average Bonchev–Trinajstić information content (AvgIpc) is 3.32. The fraction of sp³-hybridized carbons (Fsp3) is 0.796. The van der Waals surface area contributed by atoms with Crippen LogP contribution in [0.25, 0.3) is 0 Å². The van der Waals surface area contributed by atoms with Crippen molar-refractivity contribution >= 4 is 59.3 Å². The third-order valence-electron chi connectivity index (χ3n) is 11.0. The number of carbonyl (C=O) groups is 10. The maximum atomic E-state index is 13.2. The maximum absolute atomic E-state index is 13.2. The van der Waals surface area contributed by atoms with E-state index in [0.29, 0.717) is 117 Å². The summed E-state index contributed by atoms with van der Waals surface area (Å²) in [6.45, 7) is 12.7. The number of carbonyl (C=O) groups excluding carboxylic acids is 10. The Balaban J connectivity index is 2.42. The first-order valence-electron chi connectivity index (χ1n) is 25.8. The van der Waals surface area contributed by atoms with Gasteiger partial charge in [-0.05, 0) is 70.9 Å². The van der Waals surface area contributed by atoms with E-state index < -0.39 is 54.5 Å². The van der Waals surface area contributed by atoms with Gasteiger partial charge < -0.3 is 65.8 Å². The first-order valence-corrected chi connectivity index (χ1v) is 25.8. The lowest BCUT2D eigenvalue weighted by molar-refractivity contribution is -0.277. The normalized spacial score (nSPS) is 17.1. The van der Waals surface area contributed by atoms with Crippen molar-refractivity contribution in [2.75, 3.05) is 72.1 Å². The average molecular weight is 1030 g/mol. The standard InChI is InChI=1S/C49H86N8O15/c1-7-9-18-40(62)51-26-12-21-43(65)55-30-17-32-57(45(67)23-13-28-53-41(63)19-10-8-2)31-16-25-50-24-15-29-54-42(64)20-11-27-52-44(66)22-14-33-68-49-46(56-35(3)58)48(71-38(6)61)47(70-37(5)60)39(72-49)34-69-36(4)59/h39,46-50H,7-34H2,1-6H3,(H,51,62)(H,52,66)(H,53,63)(H,54,64)(H,55,65)(H,56,58)/t39?,46-,47-,48?,49+/m0/s1. The van der Waals surface area contributed by atoms with Crippen LogP contribution in [0.4, 0.5) is 0 Å². The van der Waals surface area contributed by atoms with Crippen LogP contribution >= 0.6 is 0 Å². The zero-order valence-electron chi connectivity index (χ0n) is 43.8. The van der Waals surface area contributed by atoms with E-state index >= 15 is 0 Å². The predicted molar refractivity (Wildman–Crippen MR) is 264 cm³/mol. The summed E-state index contributed by atoms with van der Waals surface area (Å²) in [5.74, 6) is -3.16. The molecule has 0 aliphatic carbocycles. The van der Waals surface area contributed by atoms with E-state index in [1.807, 2.05) is 13.8 Å². The smallest absolute Gasteiger partial charge is 0.303 e. The number of amides is 7. The lowest BCUT2D eigenvalue weighted by Crippen LogP contribution is -2.66. The van der Waals surface area contributed by atoms with Crippen LogP contribution in [-0.2, 0) is 71.6 Å². The summed E-state index contributed by atoms with van der Waals surface area (Å²) >= 11 is 0. The highest BCUT2D eigenvalue weighted by atomic mass is 16.7. The van der Waals surface area contributed by atoms with E-state index in [1.165, 1.54) is 13.8 Å². The van der Waals surface area contributed by atoms with E-state index in [-0.39, 0.29) is 74.5 Å². The minimum atomic E-state index is -1.26. The number of ether oxygens (including phenoxy) is 5. The number of unbranched alkanes of at least 4 members (excludes halogenated alkanes) is 2. The predicted octanol–water partition coefficient (Wildman–Crippen LogP) is 1.33. The molecule has 0 aromatic heterocycles. The number of hydrogen-bond acceptors (Lipinski definition) is 16. The molecule has 23 heteroatoms. The molecule has 412 valence electrons. The Morgan fingerprint density at radius 3 is 1.40 bits per heavy atom. The largest absolute Gasteiger partial charge is 0.463 e. The van der Waals surface area contributed by atoms with Gasteiger partial charge in [-0.1, -0.05) is 26.7 Å².